The lowest BCUT2D eigenvalue weighted by Crippen LogP contribution is -1.87. The zero-order valence-electron chi connectivity index (χ0n) is 11.8. The summed E-state index contributed by atoms with van der Waals surface area (Å²) >= 11 is 0. The molecule has 98 valence electrons. The summed E-state index contributed by atoms with van der Waals surface area (Å²) in [6.07, 6.45) is 2.15. The zero-order chi connectivity index (χ0) is 13.9. The van der Waals surface area contributed by atoms with Gasteiger partial charge in [-0.25, -0.2) is 4.42 Å². The fourth-order valence-corrected chi connectivity index (χ4v) is 2.44. The Hall–Kier alpha value is -2.41. The van der Waals surface area contributed by atoms with E-state index in [-0.39, 0.29) is 0 Å². The molecule has 20 heavy (non-hydrogen) atoms. The summed E-state index contributed by atoms with van der Waals surface area (Å²) in [5, 5.41) is 1.14. The fourth-order valence-electron chi connectivity index (χ4n) is 2.44. The SMILES string of the molecule is C/C(=C\c1ccccc1)c1[o+]c2ccccc2cc1C. The fraction of sp³-hybridized carbons (Fsp3) is 0.105. The second kappa shape index (κ2) is 5.30. The van der Waals surface area contributed by atoms with E-state index < -0.39 is 0 Å². The molecule has 3 rings (SSSR count). The summed E-state index contributed by atoms with van der Waals surface area (Å²) in [6, 6.07) is 20.6. The molecule has 0 fully saturated rings. The first-order chi connectivity index (χ1) is 9.74. The molecule has 0 unspecified atom stereocenters. The van der Waals surface area contributed by atoms with E-state index in [0.29, 0.717) is 0 Å². The van der Waals surface area contributed by atoms with Crippen LogP contribution in [0.15, 0.2) is 65.1 Å². The van der Waals surface area contributed by atoms with Gasteiger partial charge < -0.3 is 0 Å². The highest BCUT2D eigenvalue weighted by molar-refractivity contribution is 5.83. The van der Waals surface area contributed by atoms with Gasteiger partial charge in [0.2, 0.25) is 0 Å². The minimum Gasteiger partial charge on any atom is -0.207 e. The summed E-state index contributed by atoms with van der Waals surface area (Å²) in [5.74, 6) is 0.951. The third-order valence-corrected chi connectivity index (χ3v) is 3.40. The largest absolute Gasteiger partial charge is 0.360 e. The highest BCUT2D eigenvalue weighted by Gasteiger charge is 2.17. The molecule has 2 aromatic carbocycles. The van der Waals surface area contributed by atoms with Gasteiger partial charge in [-0.1, -0.05) is 42.5 Å². The van der Waals surface area contributed by atoms with Gasteiger partial charge in [-0.3, -0.25) is 0 Å². The maximum absolute atomic E-state index is 6.06. The van der Waals surface area contributed by atoms with Crippen LogP contribution in [0.1, 0.15) is 23.8 Å². The zero-order valence-corrected chi connectivity index (χ0v) is 11.8. The van der Waals surface area contributed by atoms with Crippen molar-refractivity contribution < 1.29 is 4.42 Å². The number of fused-ring (bicyclic) bond motifs is 1. The van der Waals surface area contributed by atoms with Crippen LogP contribution < -0.4 is 0 Å². The van der Waals surface area contributed by atoms with Crippen LogP contribution in [0.25, 0.3) is 22.6 Å². The predicted octanol–water partition coefficient (Wildman–Crippen LogP) is 5.58. The standard InChI is InChI=1S/C19H17O/c1-14(12-16-8-4-3-5-9-16)19-15(2)13-17-10-6-7-11-18(17)20-19/h3-13H,1-2H3/q+1/b14-12+. The molecule has 0 saturated heterocycles. The van der Waals surface area contributed by atoms with Crippen molar-refractivity contribution in [3.63, 3.8) is 0 Å². The van der Waals surface area contributed by atoms with Gasteiger partial charge in [0.15, 0.2) is 0 Å². The van der Waals surface area contributed by atoms with Gasteiger partial charge in [0, 0.05) is 6.07 Å². The normalized spacial score (nSPS) is 11.8. The molecule has 0 aliphatic carbocycles. The molecule has 1 aromatic heterocycles. The van der Waals surface area contributed by atoms with Crippen LogP contribution in [0, 0.1) is 6.92 Å². The molecular formula is C19H17O+. The maximum atomic E-state index is 6.06. The second-order valence-electron chi connectivity index (χ2n) is 5.03. The molecule has 0 amide bonds. The Morgan fingerprint density at radius 2 is 1.65 bits per heavy atom. The topological polar surface area (TPSA) is 11.3 Å². The van der Waals surface area contributed by atoms with Gasteiger partial charge in [-0.05, 0) is 37.6 Å². The quantitative estimate of drug-likeness (QED) is 0.548. The van der Waals surface area contributed by atoms with Crippen LogP contribution in [0.2, 0.25) is 0 Å². The summed E-state index contributed by atoms with van der Waals surface area (Å²) < 4.78 is 6.06. The van der Waals surface area contributed by atoms with Crippen molar-refractivity contribution in [2.75, 3.05) is 0 Å². The van der Waals surface area contributed by atoms with Crippen LogP contribution in [-0.4, -0.2) is 0 Å². The molecule has 0 radical (unpaired) electrons. The number of aryl methyl sites for hydroxylation is 1. The van der Waals surface area contributed by atoms with Gasteiger partial charge in [0.25, 0.3) is 0 Å². The van der Waals surface area contributed by atoms with Crippen molar-refractivity contribution >= 4 is 22.6 Å². The molecule has 0 N–H and O–H groups in total. The summed E-state index contributed by atoms with van der Waals surface area (Å²) in [4.78, 5) is 0. The van der Waals surface area contributed by atoms with E-state index in [1.807, 2.05) is 36.4 Å². The second-order valence-corrected chi connectivity index (χ2v) is 5.03. The van der Waals surface area contributed by atoms with Crippen molar-refractivity contribution in [1.82, 2.24) is 0 Å². The first-order valence-corrected chi connectivity index (χ1v) is 6.80. The summed E-state index contributed by atoms with van der Waals surface area (Å²) in [6.45, 7) is 4.18. The Morgan fingerprint density at radius 3 is 2.45 bits per heavy atom. The van der Waals surface area contributed by atoms with E-state index in [1.165, 1.54) is 5.56 Å². The minimum atomic E-state index is 0.925. The average Bonchev–Trinajstić information content (AvgIpc) is 2.47. The van der Waals surface area contributed by atoms with Crippen LogP contribution >= 0.6 is 0 Å². The summed E-state index contributed by atoms with van der Waals surface area (Å²) in [7, 11) is 0. The number of allylic oxidation sites excluding steroid dienone is 1. The Labute approximate surface area is 119 Å². The van der Waals surface area contributed by atoms with Crippen molar-refractivity contribution in [1.29, 1.82) is 0 Å². The lowest BCUT2D eigenvalue weighted by Gasteiger charge is -1.98. The number of rotatable bonds is 2. The van der Waals surface area contributed by atoms with Gasteiger partial charge in [-0.15, -0.1) is 0 Å². The molecule has 0 atom stereocenters. The van der Waals surface area contributed by atoms with Crippen LogP contribution in [-0.2, 0) is 0 Å². The molecule has 0 saturated carbocycles. The van der Waals surface area contributed by atoms with Gasteiger partial charge in [-0.2, -0.15) is 0 Å². The third kappa shape index (κ3) is 2.48. The average molecular weight is 261 g/mol. The highest BCUT2D eigenvalue weighted by Crippen LogP contribution is 2.26. The molecular weight excluding hydrogens is 244 g/mol. The molecule has 0 aliphatic heterocycles. The monoisotopic (exact) mass is 261 g/mol. The van der Waals surface area contributed by atoms with Crippen molar-refractivity contribution in [3.05, 3.63) is 77.6 Å². The first kappa shape index (κ1) is 12.6. The molecule has 1 heteroatoms. The molecule has 0 spiro atoms. The van der Waals surface area contributed by atoms with E-state index in [2.05, 4.69) is 44.2 Å². The Kier molecular flexibility index (Phi) is 3.34. The Morgan fingerprint density at radius 1 is 0.950 bits per heavy atom. The number of benzene rings is 2. The summed E-state index contributed by atoms with van der Waals surface area (Å²) in [5.41, 5.74) is 4.41. The van der Waals surface area contributed by atoms with Crippen molar-refractivity contribution in [2.24, 2.45) is 0 Å². The smallest absolute Gasteiger partial charge is 0.207 e. The lowest BCUT2D eigenvalue weighted by atomic mass is 10.1. The van der Waals surface area contributed by atoms with Crippen molar-refractivity contribution in [3.8, 4) is 0 Å². The van der Waals surface area contributed by atoms with Crippen molar-refractivity contribution in [2.45, 2.75) is 13.8 Å². The molecule has 1 nitrogen and oxygen atoms in total. The number of hydrogen-bond donors (Lipinski definition) is 0. The molecule has 0 bridgehead atoms. The number of para-hydroxylation sites is 1. The van der Waals surface area contributed by atoms with E-state index in [0.717, 1.165) is 27.9 Å². The van der Waals surface area contributed by atoms with Crippen LogP contribution in [0.5, 0.6) is 0 Å². The molecule has 0 aliphatic rings. The molecule has 3 aromatic rings. The van der Waals surface area contributed by atoms with Crippen LogP contribution in [0.4, 0.5) is 0 Å². The van der Waals surface area contributed by atoms with E-state index in [1.54, 1.807) is 0 Å². The number of hydrogen-bond acceptors (Lipinski definition) is 0. The van der Waals surface area contributed by atoms with E-state index in [4.69, 9.17) is 4.42 Å². The lowest BCUT2D eigenvalue weighted by molar-refractivity contribution is 0.582. The van der Waals surface area contributed by atoms with Gasteiger partial charge in [0.1, 0.15) is 0 Å². The third-order valence-electron chi connectivity index (χ3n) is 3.40. The van der Waals surface area contributed by atoms with Gasteiger partial charge in [0.05, 0.1) is 16.5 Å². The first-order valence-electron chi connectivity index (χ1n) is 6.80. The van der Waals surface area contributed by atoms with Crippen LogP contribution in [0.3, 0.4) is 0 Å². The maximum Gasteiger partial charge on any atom is 0.360 e. The Bertz CT molecular complexity index is 770. The van der Waals surface area contributed by atoms with E-state index >= 15 is 0 Å². The van der Waals surface area contributed by atoms with Gasteiger partial charge >= 0.3 is 11.3 Å². The predicted molar refractivity (Wildman–Crippen MR) is 85.3 cm³/mol. The molecule has 1 heterocycles. The minimum absolute atomic E-state index is 0.925. The Balaban J connectivity index is 2.09. The van der Waals surface area contributed by atoms with E-state index in [9.17, 15) is 0 Å². The highest BCUT2D eigenvalue weighted by atomic mass is 16.3.